The maximum Gasteiger partial charge on any atom is 0.308 e. The topological polar surface area (TPSA) is 145 Å². The molecule has 45 heavy (non-hydrogen) atoms. The summed E-state index contributed by atoms with van der Waals surface area (Å²) in [7, 11) is 0. The molecule has 2 saturated carbocycles. The highest BCUT2D eigenvalue weighted by Gasteiger charge is 2.54. The van der Waals surface area contributed by atoms with E-state index in [1.54, 1.807) is 13.0 Å². The lowest BCUT2D eigenvalue weighted by molar-refractivity contribution is -0.133. The van der Waals surface area contributed by atoms with Crippen molar-refractivity contribution >= 4 is 24.3 Å². The molecule has 0 spiro atoms. The largest absolute Gasteiger partial charge is 0.449 e. The van der Waals surface area contributed by atoms with Crippen LogP contribution in [0.25, 0.3) is 0 Å². The van der Waals surface area contributed by atoms with Crippen molar-refractivity contribution < 1.29 is 33.8 Å². The van der Waals surface area contributed by atoms with Gasteiger partial charge in [-0.15, -0.1) is 0 Å². The number of nitrogens with one attached hydrogen (secondary N) is 1. The number of hydrogen-bond donors (Lipinski definition) is 3. The molecule has 2 aromatic rings. The molecule has 4 aliphatic rings. The van der Waals surface area contributed by atoms with E-state index in [0.29, 0.717) is 48.4 Å². The van der Waals surface area contributed by atoms with Crippen LogP contribution in [0.2, 0.25) is 0 Å². The minimum absolute atomic E-state index is 0.110. The maximum absolute atomic E-state index is 11.2. The Labute approximate surface area is 265 Å². The highest BCUT2D eigenvalue weighted by molar-refractivity contribution is 6.07. The van der Waals surface area contributed by atoms with Crippen LogP contribution in [-0.4, -0.2) is 41.7 Å². The summed E-state index contributed by atoms with van der Waals surface area (Å²) in [5.41, 5.74) is 11.3. The highest BCUT2D eigenvalue weighted by Crippen LogP contribution is 2.60. The molecular weight excluding hydrogens is 572 g/mol. The van der Waals surface area contributed by atoms with Crippen molar-refractivity contribution in [1.29, 1.82) is 0 Å². The Hall–Kier alpha value is -3.82. The van der Waals surface area contributed by atoms with Gasteiger partial charge in [-0.25, -0.2) is 0 Å². The molecule has 6 atom stereocenters. The molecule has 2 unspecified atom stereocenters. The van der Waals surface area contributed by atoms with Crippen LogP contribution in [0.5, 0.6) is 5.75 Å². The van der Waals surface area contributed by atoms with Gasteiger partial charge in [0.1, 0.15) is 5.75 Å². The Kier molecular flexibility index (Phi) is 11.3. The molecule has 242 valence electrons. The fourth-order valence-corrected chi connectivity index (χ4v) is 7.45. The first kappa shape index (κ1) is 34.1. The summed E-state index contributed by atoms with van der Waals surface area (Å²) in [5, 5.41) is 12.6. The molecule has 1 heterocycles. The van der Waals surface area contributed by atoms with Crippen molar-refractivity contribution in [3.8, 4) is 5.75 Å². The molecule has 0 bridgehead atoms. The van der Waals surface area contributed by atoms with E-state index in [9.17, 15) is 24.3 Å². The van der Waals surface area contributed by atoms with Crippen molar-refractivity contribution in [3.05, 3.63) is 76.4 Å². The van der Waals surface area contributed by atoms with Gasteiger partial charge in [0.15, 0.2) is 6.23 Å². The number of benzene rings is 2. The predicted molar refractivity (Wildman–Crippen MR) is 170 cm³/mol. The van der Waals surface area contributed by atoms with E-state index in [1.165, 1.54) is 42.9 Å². The standard InChI is InChI=1S/C20H26O3.C10H13NO2.C6H7NO2/c1-12(21)23-14-4-6-15-13(11-14)3-5-17-16(15)9-10-20(2)18(17)7-8-19(20)22;1-8-2-4-9(5-3-8)6-10(11)13-7-12;1-4-2-3-5(8)7-6(4)9/h4,6,11,16-19,22H,3,5,7-10H2,1-2H3;2-5,7,10H,6,11H2,1H3;2H,3H2,1H3,(H,7,8,9)/t16?,17-,18?,19+,20+;10-;/m00./s1. The fourth-order valence-electron chi connectivity index (χ4n) is 7.45. The lowest BCUT2D eigenvalue weighted by Gasteiger charge is -2.50. The van der Waals surface area contributed by atoms with Gasteiger partial charge in [-0.2, -0.15) is 0 Å². The van der Waals surface area contributed by atoms with Gasteiger partial charge >= 0.3 is 5.97 Å². The Morgan fingerprint density at radius 1 is 1.11 bits per heavy atom. The zero-order valence-corrected chi connectivity index (χ0v) is 26.7. The number of rotatable bonds is 5. The number of aliphatic hydroxyl groups excluding tert-OH is 1. The second-order valence-electron chi connectivity index (χ2n) is 12.9. The monoisotopic (exact) mass is 618 g/mol. The van der Waals surface area contributed by atoms with Crippen LogP contribution in [0.3, 0.4) is 0 Å². The van der Waals surface area contributed by atoms with Gasteiger partial charge in [0.25, 0.3) is 12.4 Å². The average Bonchev–Trinajstić information content (AvgIpc) is 3.30. The van der Waals surface area contributed by atoms with Gasteiger partial charge in [-0.05, 0) is 104 Å². The quantitative estimate of drug-likeness (QED) is 0.142. The third kappa shape index (κ3) is 8.47. The molecule has 0 aromatic heterocycles. The maximum atomic E-state index is 11.2. The number of aryl methyl sites for hydroxylation is 2. The summed E-state index contributed by atoms with van der Waals surface area (Å²) in [6.45, 7) is 7.83. The Morgan fingerprint density at radius 3 is 2.49 bits per heavy atom. The molecule has 2 aromatic carbocycles. The van der Waals surface area contributed by atoms with Crippen molar-refractivity contribution in [3.63, 3.8) is 0 Å². The minimum atomic E-state index is -0.541. The Bertz CT molecular complexity index is 1420. The van der Waals surface area contributed by atoms with E-state index >= 15 is 0 Å². The highest BCUT2D eigenvalue weighted by atomic mass is 16.5. The van der Waals surface area contributed by atoms with Gasteiger partial charge in [-0.1, -0.05) is 48.9 Å². The van der Waals surface area contributed by atoms with Gasteiger partial charge in [0, 0.05) is 25.3 Å². The van der Waals surface area contributed by atoms with Crippen LogP contribution in [-0.2, 0) is 36.8 Å². The number of esters is 1. The number of nitrogens with two attached hydrogens (primary N) is 1. The summed E-state index contributed by atoms with van der Waals surface area (Å²) in [6.07, 6.45) is 8.59. The van der Waals surface area contributed by atoms with Crippen LogP contribution in [0.1, 0.15) is 87.5 Å². The van der Waals surface area contributed by atoms with E-state index in [1.807, 2.05) is 37.3 Å². The first-order valence-electron chi connectivity index (χ1n) is 15.8. The van der Waals surface area contributed by atoms with Gasteiger partial charge < -0.3 is 14.6 Å². The van der Waals surface area contributed by atoms with E-state index < -0.39 is 6.23 Å². The predicted octanol–water partition coefficient (Wildman–Crippen LogP) is 4.80. The number of ether oxygens (including phenoxy) is 2. The van der Waals surface area contributed by atoms with Crippen molar-refractivity contribution in [2.24, 2.45) is 23.0 Å². The summed E-state index contributed by atoms with van der Waals surface area (Å²) < 4.78 is 9.82. The van der Waals surface area contributed by atoms with Crippen LogP contribution < -0.4 is 15.8 Å². The van der Waals surface area contributed by atoms with Crippen molar-refractivity contribution in [2.75, 3.05) is 0 Å². The normalized spacial score (nSPS) is 26.9. The molecule has 0 saturated heterocycles. The minimum Gasteiger partial charge on any atom is -0.449 e. The first-order chi connectivity index (χ1) is 21.4. The summed E-state index contributed by atoms with van der Waals surface area (Å²) in [6, 6.07) is 14.1. The van der Waals surface area contributed by atoms with E-state index in [4.69, 9.17) is 10.5 Å². The van der Waals surface area contributed by atoms with Crippen molar-refractivity contribution in [2.45, 2.75) is 97.3 Å². The second-order valence-corrected chi connectivity index (χ2v) is 12.9. The third-order valence-corrected chi connectivity index (χ3v) is 9.90. The van der Waals surface area contributed by atoms with Crippen molar-refractivity contribution in [1.82, 2.24) is 5.32 Å². The van der Waals surface area contributed by atoms with Crippen LogP contribution in [0.4, 0.5) is 0 Å². The number of fused-ring (bicyclic) bond motifs is 5. The van der Waals surface area contributed by atoms with E-state index in [-0.39, 0.29) is 29.3 Å². The fraction of sp³-hybridized carbons (Fsp3) is 0.500. The second kappa shape index (κ2) is 15.0. The van der Waals surface area contributed by atoms with Crippen LogP contribution >= 0.6 is 0 Å². The SMILES string of the molecule is CC(=O)Oc1ccc2c(c1)CC[C@H]1C2CC[C@]2(C)C1CC[C@H]2O.CC1=CCC(=O)NC1=O.Cc1ccc(C[C@@H](N)OC=O)cc1. The molecule has 1 aliphatic heterocycles. The lowest BCUT2D eigenvalue weighted by Crippen LogP contribution is -2.43. The average molecular weight is 619 g/mol. The Morgan fingerprint density at radius 2 is 1.84 bits per heavy atom. The Balaban J connectivity index is 0.000000176. The number of aliphatic hydroxyl groups is 1. The van der Waals surface area contributed by atoms with Gasteiger partial charge in [0.05, 0.1) is 6.10 Å². The molecule has 2 amide bonds. The lowest BCUT2D eigenvalue weighted by atomic mass is 9.55. The molecule has 2 fully saturated rings. The molecule has 9 nitrogen and oxygen atoms in total. The molecule has 6 rings (SSSR count). The van der Waals surface area contributed by atoms with E-state index in [2.05, 4.69) is 29.1 Å². The number of carbonyl (C=O) groups is 4. The zero-order valence-electron chi connectivity index (χ0n) is 26.7. The number of carbonyl (C=O) groups excluding carboxylic acids is 4. The molecule has 0 radical (unpaired) electrons. The van der Waals surface area contributed by atoms with Crippen LogP contribution in [0.15, 0.2) is 54.1 Å². The summed E-state index contributed by atoms with van der Waals surface area (Å²) in [5.74, 6) is 1.92. The smallest absolute Gasteiger partial charge is 0.308 e. The molecule has 9 heteroatoms. The molecule has 4 N–H and O–H groups in total. The zero-order chi connectivity index (χ0) is 32.7. The van der Waals surface area contributed by atoms with E-state index in [0.717, 1.165) is 24.8 Å². The summed E-state index contributed by atoms with van der Waals surface area (Å²) in [4.78, 5) is 42.2. The third-order valence-electron chi connectivity index (χ3n) is 9.90. The first-order valence-corrected chi connectivity index (χ1v) is 15.8. The molecular formula is C36H46N2O7. The number of amides is 2. The van der Waals surface area contributed by atoms with Gasteiger partial charge in [-0.3, -0.25) is 30.2 Å². The van der Waals surface area contributed by atoms with Crippen LogP contribution in [0, 0.1) is 24.2 Å². The molecule has 3 aliphatic carbocycles. The van der Waals surface area contributed by atoms with Gasteiger partial charge in [0.2, 0.25) is 5.91 Å². The summed E-state index contributed by atoms with van der Waals surface area (Å²) >= 11 is 0. The number of imide groups is 1. The number of hydrogen-bond acceptors (Lipinski definition) is 8.